The molecule has 96 valence electrons. The summed E-state index contributed by atoms with van der Waals surface area (Å²) in [5, 5.41) is 12.2. The predicted molar refractivity (Wildman–Crippen MR) is 81.4 cm³/mol. The number of benzene rings is 1. The lowest BCUT2D eigenvalue weighted by Crippen LogP contribution is -2.01. The van der Waals surface area contributed by atoms with E-state index in [2.05, 4.69) is 31.9 Å². The van der Waals surface area contributed by atoms with Gasteiger partial charge in [-0.1, -0.05) is 15.9 Å². The highest BCUT2D eigenvalue weighted by molar-refractivity contribution is 9.10. The topological polar surface area (TPSA) is 29.5 Å². The number of aliphatic hydroxyl groups excluding tert-OH is 1. The summed E-state index contributed by atoms with van der Waals surface area (Å²) in [4.78, 5) is 0.948. The Morgan fingerprint density at radius 3 is 2.67 bits per heavy atom. The van der Waals surface area contributed by atoms with E-state index in [4.69, 9.17) is 4.74 Å². The first kappa shape index (κ1) is 14.1. The average molecular weight is 392 g/mol. The lowest BCUT2D eigenvalue weighted by Gasteiger charge is -2.12. The molecule has 0 fully saturated rings. The molecule has 2 nitrogen and oxygen atoms in total. The average Bonchev–Trinajstić information content (AvgIpc) is 2.76. The summed E-state index contributed by atoms with van der Waals surface area (Å²) in [6.45, 7) is 0. The van der Waals surface area contributed by atoms with Crippen LogP contribution in [0.1, 0.15) is 16.5 Å². The molecule has 0 aliphatic rings. The molecule has 0 aliphatic heterocycles. The number of hydrogen-bond acceptors (Lipinski definition) is 3. The van der Waals surface area contributed by atoms with Crippen molar-refractivity contribution in [3.63, 3.8) is 0 Å². The largest absolute Gasteiger partial charge is 0.496 e. The number of hydrogen-bond donors (Lipinski definition) is 1. The minimum absolute atomic E-state index is 0.510. The van der Waals surface area contributed by atoms with Gasteiger partial charge < -0.3 is 9.84 Å². The molecule has 1 heterocycles. The van der Waals surface area contributed by atoms with E-state index < -0.39 is 6.10 Å². The molecule has 2 rings (SSSR count). The van der Waals surface area contributed by atoms with Crippen molar-refractivity contribution >= 4 is 43.2 Å². The molecule has 1 aromatic carbocycles. The summed E-state index contributed by atoms with van der Waals surface area (Å²) in [6, 6.07) is 7.75. The number of aliphatic hydroxyl groups is 1. The minimum atomic E-state index is -0.510. The van der Waals surface area contributed by atoms with Crippen LogP contribution >= 0.6 is 43.2 Å². The first-order valence-corrected chi connectivity index (χ1v) is 7.81. The summed E-state index contributed by atoms with van der Waals surface area (Å²) in [7, 11) is 1.64. The van der Waals surface area contributed by atoms with Gasteiger partial charge in [0, 0.05) is 25.6 Å². The van der Waals surface area contributed by atoms with Crippen molar-refractivity contribution in [2.45, 2.75) is 12.5 Å². The fraction of sp³-hybridized carbons (Fsp3) is 0.231. The van der Waals surface area contributed by atoms with E-state index in [1.165, 1.54) is 0 Å². The zero-order valence-corrected chi connectivity index (χ0v) is 13.7. The molecule has 1 N–H and O–H groups in total. The number of thiophene rings is 1. The van der Waals surface area contributed by atoms with Gasteiger partial charge in [-0.15, -0.1) is 11.3 Å². The Morgan fingerprint density at radius 2 is 2.06 bits per heavy atom. The van der Waals surface area contributed by atoms with E-state index in [9.17, 15) is 5.11 Å². The second kappa shape index (κ2) is 6.19. The van der Waals surface area contributed by atoms with Crippen molar-refractivity contribution < 1.29 is 9.84 Å². The number of halogens is 2. The Morgan fingerprint density at radius 1 is 1.28 bits per heavy atom. The maximum atomic E-state index is 10.2. The molecule has 2 aromatic rings. The molecule has 5 heteroatoms. The highest BCUT2D eigenvalue weighted by atomic mass is 79.9. The Kier molecular flexibility index (Phi) is 4.84. The van der Waals surface area contributed by atoms with E-state index in [1.54, 1.807) is 18.4 Å². The van der Waals surface area contributed by atoms with Gasteiger partial charge in [-0.25, -0.2) is 0 Å². The van der Waals surface area contributed by atoms with E-state index in [0.29, 0.717) is 6.42 Å². The van der Waals surface area contributed by atoms with Gasteiger partial charge in [0.05, 0.1) is 13.2 Å². The van der Waals surface area contributed by atoms with Crippen LogP contribution in [0.5, 0.6) is 5.75 Å². The van der Waals surface area contributed by atoms with Crippen LogP contribution < -0.4 is 4.74 Å². The smallest absolute Gasteiger partial charge is 0.122 e. The Bertz CT molecular complexity index is 540. The standard InChI is InChI=1S/C13H12Br2O2S/c1-17-12-3-2-9(14)4-8(12)5-11(16)13-6-10(15)7-18-13/h2-4,6-7,11,16H,5H2,1H3. The highest BCUT2D eigenvalue weighted by Gasteiger charge is 2.14. The molecule has 0 radical (unpaired) electrons. The molecule has 18 heavy (non-hydrogen) atoms. The van der Waals surface area contributed by atoms with Crippen molar-refractivity contribution in [1.29, 1.82) is 0 Å². The van der Waals surface area contributed by atoms with Crippen molar-refractivity contribution in [1.82, 2.24) is 0 Å². The molecular weight excluding hydrogens is 380 g/mol. The monoisotopic (exact) mass is 390 g/mol. The van der Waals surface area contributed by atoms with Gasteiger partial charge in [0.2, 0.25) is 0 Å². The highest BCUT2D eigenvalue weighted by Crippen LogP contribution is 2.31. The maximum Gasteiger partial charge on any atom is 0.122 e. The summed E-state index contributed by atoms with van der Waals surface area (Å²) < 4.78 is 7.29. The number of ether oxygens (including phenoxy) is 1. The van der Waals surface area contributed by atoms with Crippen LogP contribution in [0.2, 0.25) is 0 Å². The van der Waals surface area contributed by atoms with Gasteiger partial charge in [0.1, 0.15) is 5.75 Å². The number of methoxy groups -OCH3 is 1. The molecule has 0 aliphatic carbocycles. The van der Waals surface area contributed by atoms with Gasteiger partial charge >= 0.3 is 0 Å². The molecule has 0 amide bonds. The second-order valence-electron chi connectivity index (χ2n) is 3.84. The van der Waals surface area contributed by atoms with Gasteiger partial charge in [-0.2, -0.15) is 0 Å². The minimum Gasteiger partial charge on any atom is -0.496 e. The van der Waals surface area contributed by atoms with Crippen LogP contribution in [0.15, 0.2) is 38.6 Å². The van der Waals surface area contributed by atoms with Crippen LogP contribution in [0.25, 0.3) is 0 Å². The summed E-state index contributed by atoms with van der Waals surface area (Å²) in [6.07, 6.45) is 0.0275. The zero-order chi connectivity index (χ0) is 13.1. The van der Waals surface area contributed by atoms with Crippen LogP contribution in [0.3, 0.4) is 0 Å². The SMILES string of the molecule is COc1ccc(Br)cc1CC(O)c1cc(Br)cs1. The summed E-state index contributed by atoms with van der Waals surface area (Å²) in [5.74, 6) is 0.799. The molecule has 1 aromatic heterocycles. The van der Waals surface area contributed by atoms with Crippen LogP contribution in [0, 0.1) is 0 Å². The fourth-order valence-corrected chi connectivity index (χ4v) is 3.56. The predicted octanol–water partition coefficient (Wildman–Crippen LogP) is 4.56. The normalized spacial score (nSPS) is 12.4. The molecular formula is C13H12Br2O2S. The third kappa shape index (κ3) is 3.35. The molecule has 0 spiro atoms. The Balaban J connectivity index is 2.20. The quantitative estimate of drug-likeness (QED) is 0.827. The number of rotatable bonds is 4. The maximum absolute atomic E-state index is 10.2. The van der Waals surface area contributed by atoms with Crippen molar-refractivity contribution in [2.75, 3.05) is 7.11 Å². The second-order valence-corrected chi connectivity index (χ2v) is 6.62. The molecule has 0 saturated heterocycles. The van der Waals surface area contributed by atoms with E-state index in [1.807, 2.05) is 29.6 Å². The Labute approximate surface area is 127 Å². The molecule has 1 atom stereocenters. The van der Waals surface area contributed by atoms with Gasteiger partial charge in [-0.05, 0) is 45.8 Å². The van der Waals surface area contributed by atoms with Crippen molar-refractivity contribution in [3.05, 3.63) is 49.0 Å². The van der Waals surface area contributed by atoms with Gasteiger partial charge in [0.25, 0.3) is 0 Å². The fourth-order valence-electron chi connectivity index (χ4n) is 1.72. The molecule has 1 unspecified atom stereocenters. The van der Waals surface area contributed by atoms with Gasteiger partial charge in [-0.3, -0.25) is 0 Å². The summed E-state index contributed by atoms with van der Waals surface area (Å²) >= 11 is 8.37. The van der Waals surface area contributed by atoms with Crippen molar-refractivity contribution in [2.24, 2.45) is 0 Å². The van der Waals surface area contributed by atoms with Crippen LogP contribution in [-0.2, 0) is 6.42 Å². The van der Waals surface area contributed by atoms with E-state index in [-0.39, 0.29) is 0 Å². The Hall–Kier alpha value is -0.360. The van der Waals surface area contributed by atoms with E-state index >= 15 is 0 Å². The molecule has 0 saturated carbocycles. The third-order valence-electron chi connectivity index (χ3n) is 2.57. The lowest BCUT2D eigenvalue weighted by molar-refractivity contribution is 0.181. The lowest BCUT2D eigenvalue weighted by atomic mass is 10.1. The van der Waals surface area contributed by atoms with Crippen LogP contribution in [-0.4, -0.2) is 12.2 Å². The van der Waals surface area contributed by atoms with Gasteiger partial charge in [0.15, 0.2) is 0 Å². The summed E-state index contributed by atoms with van der Waals surface area (Å²) in [5.41, 5.74) is 0.990. The first-order chi connectivity index (χ1) is 8.60. The van der Waals surface area contributed by atoms with Crippen molar-refractivity contribution in [3.8, 4) is 5.75 Å². The third-order valence-corrected chi connectivity index (χ3v) is 4.86. The molecule has 0 bridgehead atoms. The first-order valence-electron chi connectivity index (χ1n) is 5.34. The van der Waals surface area contributed by atoms with E-state index in [0.717, 1.165) is 25.1 Å². The van der Waals surface area contributed by atoms with Crippen LogP contribution in [0.4, 0.5) is 0 Å². The zero-order valence-electron chi connectivity index (χ0n) is 9.69.